The number of ether oxygens (including phenoxy) is 12. The molecule has 23 nitrogen and oxygen atoms in total. The number of esters is 7. The molecule has 5 rings (SSSR count). The van der Waals surface area contributed by atoms with E-state index in [1.807, 2.05) is 48.5 Å². The highest BCUT2D eigenvalue weighted by Gasteiger charge is 2.58. The molecule has 2 N–H and O–H groups in total. The zero-order valence-electron chi connectivity index (χ0n) is 37.4. The highest BCUT2D eigenvalue weighted by molar-refractivity contribution is 5.81. The van der Waals surface area contributed by atoms with Gasteiger partial charge in [0.15, 0.2) is 49.1 Å². The molecule has 0 spiro atoms. The number of hydrogen-bond donors (Lipinski definition) is 2. The van der Waals surface area contributed by atoms with Gasteiger partial charge in [-0.1, -0.05) is 48.5 Å². The molecular formula is C44H51NO22. The zero-order chi connectivity index (χ0) is 49.1. The molecule has 0 saturated carbocycles. The third-order valence-electron chi connectivity index (χ3n) is 10.2. The van der Waals surface area contributed by atoms with Crippen molar-refractivity contribution in [2.24, 2.45) is 0 Å². The van der Waals surface area contributed by atoms with Gasteiger partial charge in [-0.05, 0) is 22.3 Å². The molecule has 67 heavy (non-hydrogen) atoms. The Hall–Kier alpha value is -6.69. The minimum absolute atomic E-state index is 0.157. The normalized spacial score (nSPS) is 25.7. The molecule has 2 heterocycles. The van der Waals surface area contributed by atoms with Crippen molar-refractivity contribution in [2.45, 2.75) is 122 Å². The Bertz CT molecular complexity index is 2130. The number of aliphatic carboxylic acids is 1. The maximum Gasteiger partial charge on any atom is 0.407 e. The van der Waals surface area contributed by atoms with Crippen LogP contribution in [0.3, 0.4) is 0 Å². The molecule has 2 fully saturated rings. The summed E-state index contributed by atoms with van der Waals surface area (Å²) in [4.78, 5) is 112. The van der Waals surface area contributed by atoms with Gasteiger partial charge in [0.05, 0.1) is 6.61 Å². The number of rotatable bonds is 18. The van der Waals surface area contributed by atoms with Crippen molar-refractivity contribution in [2.75, 3.05) is 26.4 Å². The van der Waals surface area contributed by atoms with Crippen LogP contribution in [0.4, 0.5) is 4.79 Å². The molecule has 0 radical (unpaired) electrons. The second-order valence-electron chi connectivity index (χ2n) is 15.4. The van der Waals surface area contributed by atoms with Crippen molar-refractivity contribution < 1.29 is 105 Å². The lowest BCUT2D eigenvalue weighted by Crippen LogP contribution is -2.67. The molecule has 23 heteroatoms. The maximum absolute atomic E-state index is 13.2. The van der Waals surface area contributed by atoms with Crippen molar-refractivity contribution in [1.82, 2.24) is 5.32 Å². The Labute approximate surface area is 382 Å². The number of carboxylic acids is 1. The lowest BCUT2D eigenvalue weighted by Gasteiger charge is -2.48. The van der Waals surface area contributed by atoms with Crippen molar-refractivity contribution in [3.8, 4) is 11.1 Å². The van der Waals surface area contributed by atoms with Crippen LogP contribution in [0.5, 0.6) is 0 Å². The molecular weight excluding hydrogens is 894 g/mol. The second kappa shape index (κ2) is 23.2. The van der Waals surface area contributed by atoms with Crippen molar-refractivity contribution >= 4 is 53.8 Å². The minimum Gasteiger partial charge on any atom is -0.480 e. The van der Waals surface area contributed by atoms with Gasteiger partial charge in [-0.3, -0.25) is 33.6 Å². The molecule has 0 aromatic heterocycles. The van der Waals surface area contributed by atoms with Gasteiger partial charge in [-0.25, -0.2) is 9.59 Å². The molecule has 1 aliphatic carbocycles. The summed E-state index contributed by atoms with van der Waals surface area (Å²) >= 11 is 0. The fraction of sp³-hybridized carbons (Fsp3) is 0.523. The Morgan fingerprint density at radius 3 is 1.42 bits per heavy atom. The number of hydrogen-bond acceptors (Lipinski definition) is 21. The predicted molar refractivity (Wildman–Crippen MR) is 219 cm³/mol. The molecule has 2 saturated heterocycles. The van der Waals surface area contributed by atoms with E-state index < -0.39 is 141 Å². The van der Waals surface area contributed by atoms with Crippen LogP contribution in [0.2, 0.25) is 0 Å². The van der Waals surface area contributed by atoms with E-state index in [4.69, 9.17) is 56.8 Å². The van der Waals surface area contributed by atoms with Crippen LogP contribution in [-0.4, -0.2) is 153 Å². The SMILES string of the molecule is CC(=O)OC[C@H]1O[C@@H](O[C@H]2[C@H](OC(C)=O)[C@@H](OC(C)=O)[C@H](OC[C@@H](NC(=O)OCC3c4ccccc4-c4ccccc43)C(=O)O)O[C@@H]2COC(C)=O)[C@H](OC(C)=O)[C@@H](OC(C)=O)[C@H]1OC(C)=O. The number of amides is 1. The highest BCUT2D eigenvalue weighted by Crippen LogP contribution is 2.44. The molecule has 0 bridgehead atoms. The van der Waals surface area contributed by atoms with Gasteiger partial charge in [-0.2, -0.15) is 0 Å². The van der Waals surface area contributed by atoms with Gasteiger partial charge >= 0.3 is 53.8 Å². The number of benzene rings is 2. The van der Waals surface area contributed by atoms with E-state index in [2.05, 4.69) is 5.32 Å². The smallest absolute Gasteiger partial charge is 0.407 e. The third kappa shape index (κ3) is 13.7. The average molecular weight is 946 g/mol. The summed E-state index contributed by atoms with van der Waals surface area (Å²) in [6.45, 7) is 4.63. The monoisotopic (exact) mass is 945 g/mol. The summed E-state index contributed by atoms with van der Waals surface area (Å²) < 4.78 is 67.7. The summed E-state index contributed by atoms with van der Waals surface area (Å²) in [5, 5.41) is 12.4. The van der Waals surface area contributed by atoms with E-state index in [-0.39, 0.29) is 12.5 Å². The molecule has 2 aromatic rings. The van der Waals surface area contributed by atoms with Crippen LogP contribution >= 0.6 is 0 Å². The van der Waals surface area contributed by atoms with Crippen LogP contribution in [0.25, 0.3) is 11.1 Å². The van der Waals surface area contributed by atoms with E-state index in [1.165, 1.54) is 0 Å². The van der Waals surface area contributed by atoms with Gasteiger partial charge in [0.25, 0.3) is 0 Å². The third-order valence-corrected chi connectivity index (χ3v) is 10.2. The van der Waals surface area contributed by atoms with E-state index in [0.29, 0.717) is 0 Å². The van der Waals surface area contributed by atoms with Crippen LogP contribution in [0, 0.1) is 0 Å². The number of fused-ring (bicyclic) bond motifs is 3. The Kier molecular flexibility index (Phi) is 17.7. The summed E-state index contributed by atoms with van der Waals surface area (Å²) in [5.74, 6) is -8.47. The van der Waals surface area contributed by atoms with Crippen LogP contribution in [0.1, 0.15) is 65.5 Å². The Balaban J connectivity index is 1.43. The first kappa shape index (κ1) is 51.3. The molecule has 0 unspecified atom stereocenters. The van der Waals surface area contributed by atoms with Crippen molar-refractivity contribution in [3.05, 3.63) is 59.7 Å². The second-order valence-corrected chi connectivity index (χ2v) is 15.4. The lowest BCUT2D eigenvalue weighted by molar-refractivity contribution is -0.361. The van der Waals surface area contributed by atoms with Crippen molar-refractivity contribution in [3.63, 3.8) is 0 Å². The van der Waals surface area contributed by atoms with Gasteiger partial charge in [-0.15, -0.1) is 0 Å². The number of nitrogens with one attached hydrogen (secondary N) is 1. The largest absolute Gasteiger partial charge is 0.480 e. The van der Waals surface area contributed by atoms with Crippen LogP contribution < -0.4 is 5.32 Å². The number of carbonyl (C=O) groups is 9. The number of alkyl carbamates (subject to hydrolysis) is 1. The van der Waals surface area contributed by atoms with E-state index in [9.17, 15) is 48.3 Å². The summed E-state index contributed by atoms with van der Waals surface area (Å²) in [7, 11) is 0. The van der Waals surface area contributed by atoms with Gasteiger partial charge in [0, 0.05) is 54.4 Å². The standard InChI is InChI=1S/C44H51NO22/c1-20(46)56-18-33-35(60-22(3)48)37(61-23(4)49)40(64-26(7)52)43(66-33)67-36-34(19-57-21(2)47)65-42(39(63-25(6)51)38(36)62-24(5)50)58-17-32(41(53)54)45-44(55)59-16-31-29-14-10-8-12-27(29)28-13-9-11-15-30(28)31/h8-15,31-40,42-43H,16-19H2,1-7H3,(H,45,55)(H,53,54)/t32-,33-,34-,35+,36-,37+,38+,39-,40-,42-,43+/m1/s1. The molecule has 364 valence electrons. The zero-order valence-corrected chi connectivity index (χ0v) is 37.4. The first-order chi connectivity index (χ1) is 31.7. The van der Waals surface area contributed by atoms with E-state index in [1.54, 1.807) is 0 Å². The Morgan fingerprint density at radius 2 is 0.940 bits per heavy atom. The summed E-state index contributed by atoms with van der Waals surface area (Å²) in [6.07, 6.45) is -18.6. The molecule has 3 aliphatic rings. The minimum atomic E-state index is -1.93. The first-order valence-corrected chi connectivity index (χ1v) is 20.8. The maximum atomic E-state index is 13.2. The van der Waals surface area contributed by atoms with Crippen molar-refractivity contribution in [1.29, 1.82) is 0 Å². The topological polar surface area (TPSA) is 297 Å². The van der Waals surface area contributed by atoms with Gasteiger partial charge < -0.3 is 67.3 Å². The predicted octanol–water partition coefficient (Wildman–Crippen LogP) is 1.61. The molecule has 2 aromatic carbocycles. The fourth-order valence-corrected chi connectivity index (χ4v) is 7.75. The molecule has 2 aliphatic heterocycles. The first-order valence-electron chi connectivity index (χ1n) is 20.8. The fourth-order valence-electron chi connectivity index (χ4n) is 7.75. The highest BCUT2D eigenvalue weighted by atomic mass is 16.8. The molecule has 1 amide bonds. The van der Waals surface area contributed by atoms with Crippen LogP contribution in [0.15, 0.2) is 48.5 Å². The number of carboxylic acid groups (broad SMARTS) is 1. The quantitative estimate of drug-likeness (QED) is 0.158. The van der Waals surface area contributed by atoms with Gasteiger partial charge in [0.2, 0.25) is 0 Å². The summed E-state index contributed by atoms with van der Waals surface area (Å²) in [5.41, 5.74) is 3.73. The average Bonchev–Trinajstić information content (AvgIpc) is 3.56. The van der Waals surface area contributed by atoms with Gasteiger partial charge in [0.1, 0.15) is 38.1 Å². The lowest BCUT2D eigenvalue weighted by atomic mass is 9.96. The molecule has 11 atom stereocenters. The number of carbonyl (C=O) groups excluding carboxylic acids is 8. The Morgan fingerprint density at radius 1 is 0.522 bits per heavy atom. The summed E-state index contributed by atoms with van der Waals surface area (Å²) in [6, 6.07) is 13.3. The van der Waals surface area contributed by atoms with Crippen LogP contribution in [-0.2, 0) is 95.2 Å². The van der Waals surface area contributed by atoms with E-state index in [0.717, 1.165) is 70.7 Å². The van der Waals surface area contributed by atoms with E-state index >= 15 is 0 Å².